The van der Waals surface area contributed by atoms with Gasteiger partial charge in [-0.15, -0.1) is 0 Å². The zero-order chi connectivity index (χ0) is 13.0. The fraction of sp³-hybridized carbons (Fsp3) is 0.467. The SMILES string of the molecule is C=C(C)COc1cc(OC)ccc1CNC1CC1. The van der Waals surface area contributed by atoms with E-state index >= 15 is 0 Å². The molecule has 1 aromatic rings. The van der Waals surface area contributed by atoms with E-state index < -0.39 is 0 Å². The van der Waals surface area contributed by atoms with E-state index in [0.717, 1.165) is 23.6 Å². The summed E-state index contributed by atoms with van der Waals surface area (Å²) < 4.78 is 11.0. The molecule has 0 saturated heterocycles. The van der Waals surface area contributed by atoms with Gasteiger partial charge in [-0.25, -0.2) is 0 Å². The van der Waals surface area contributed by atoms with Gasteiger partial charge < -0.3 is 14.8 Å². The first kappa shape index (κ1) is 13.0. The molecule has 1 aromatic carbocycles. The molecule has 0 spiro atoms. The number of nitrogens with one attached hydrogen (secondary N) is 1. The molecule has 0 unspecified atom stereocenters. The zero-order valence-electron chi connectivity index (χ0n) is 11.2. The number of methoxy groups -OCH3 is 1. The molecule has 1 aliphatic rings. The molecule has 0 aliphatic heterocycles. The van der Waals surface area contributed by atoms with Crippen LogP contribution in [0.3, 0.4) is 0 Å². The second kappa shape index (κ2) is 5.91. The highest BCUT2D eigenvalue weighted by molar-refractivity contribution is 5.41. The molecular formula is C15H21NO2. The summed E-state index contributed by atoms with van der Waals surface area (Å²) in [6.07, 6.45) is 2.58. The molecule has 3 nitrogen and oxygen atoms in total. The van der Waals surface area contributed by atoms with Crippen molar-refractivity contribution in [3.8, 4) is 11.5 Å². The van der Waals surface area contributed by atoms with E-state index in [-0.39, 0.29) is 0 Å². The third-order valence-corrected chi connectivity index (χ3v) is 2.91. The summed E-state index contributed by atoms with van der Waals surface area (Å²) in [4.78, 5) is 0. The largest absolute Gasteiger partial charge is 0.497 e. The van der Waals surface area contributed by atoms with Crippen molar-refractivity contribution in [3.63, 3.8) is 0 Å². The Balaban J connectivity index is 2.05. The number of rotatable bonds is 7. The average Bonchev–Trinajstić information content (AvgIpc) is 3.18. The molecule has 1 aliphatic carbocycles. The lowest BCUT2D eigenvalue weighted by Crippen LogP contribution is -2.16. The molecule has 0 bridgehead atoms. The maximum absolute atomic E-state index is 5.77. The standard InChI is InChI=1S/C15H21NO2/c1-11(2)10-18-15-8-14(17-3)7-4-12(15)9-16-13-5-6-13/h4,7-8,13,16H,1,5-6,9-10H2,2-3H3. The summed E-state index contributed by atoms with van der Waals surface area (Å²) >= 11 is 0. The van der Waals surface area contributed by atoms with Crippen LogP contribution in [0.15, 0.2) is 30.4 Å². The van der Waals surface area contributed by atoms with Gasteiger partial charge in [0.15, 0.2) is 0 Å². The van der Waals surface area contributed by atoms with Crippen molar-refractivity contribution in [3.05, 3.63) is 35.9 Å². The van der Waals surface area contributed by atoms with E-state index in [9.17, 15) is 0 Å². The van der Waals surface area contributed by atoms with Crippen molar-refractivity contribution >= 4 is 0 Å². The Kier molecular flexibility index (Phi) is 4.26. The van der Waals surface area contributed by atoms with Gasteiger partial charge in [0.25, 0.3) is 0 Å². The van der Waals surface area contributed by atoms with Crippen LogP contribution < -0.4 is 14.8 Å². The lowest BCUT2D eigenvalue weighted by Gasteiger charge is -2.13. The second-order valence-electron chi connectivity index (χ2n) is 4.87. The minimum atomic E-state index is 0.545. The van der Waals surface area contributed by atoms with Crippen LogP contribution in [0.4, 0.5) is 0 Å². The lowest BCUT2D eigenvalue weighted by atomic mass is 10.2. The van der Waals surface area contributed by atoms with Crippen molar-refractivity contribution in [2.45, 2.75) is 32.4 Å². The molecule has 1 saturated carbocycles. The third-order valence-electron chi connectivity index (χ3n) is 2.91. The number of hydrogen-bond acceptors (Lipinski definition) is 3. The highest BCUT2D eigenvalue weighted by atomic mass is 16.5. The van der Waals surface area contributed by atoms with Crippen LogP contribution in [0.1, 0.15) is 25.3 Å². The van der Waals surface area contributed by atoms with Gasteiger partial charge in [-0.1, -0.05) is 12.6 Å². The quantitative estimate of drug-likeness (QED) is 0.751. The van der Waals surface area contributed by atoms with Crippen LogP contribution in [0.25, 0.3) is 0 Å². The predicted molar refractivity (Wildman–Crippen MR) is 73.2 cm³/mol. The van der Waals surface area contributed by atoms with Gasteiger partial charge in [0.2, 0.25) is 0 Å². The van der Waals surface area contributed by atoms with E-state index in [1.165, 1.54) is 18.4 Å². The van der Waals surface area contributed by atoms with E-state index in [1.54, 1.807) is 7.11 Å². The van der Waals surface area contributed by atoms with E-state index in [1.807, 2.05) is 19.1 Å². The van der Waals surface area contributed by atoms with Gasteiger partial charge in [-0.2, -0.15) is 0 Å². The molecule has 18 heavy (non-hydrogen) atoms. The van der Waals surface area contributed by atoms with Crippen LogP contribution in [0, 0.1) is 0 Å². The first-order valence-electron chi connectivity index (χ1n) is 6.36. The van der Waals surface area contributed by atoms with Crippen LogP contribution in [-0.4, -0.2) is 19.8 Å². The Morgan fingerprint density at radius 3 is 2.83 bits per heavy atom. The Morgan fingerprint density at radius 1 is 1.44 bits per heavy atom. The summed E-state index contributed by atoms with van der Waals surface area (Å²) in [6.45, 7) is 7.21. The maximum Gasteiger partial charge on any atom is 0.127 e. The molecule has 98 valence electrons. The van der Waals surface area contributed by atoms with Crippen LogP contribution in [0.5, 0.6) is 11.5 Å². The average molecular weight is 247 g/mol. The molecule has 0 heterocycles. The third kappa shape index (κ3) is 3.77. The van der Waals surface area contributed by atoms with Gasteiger partial charge in [0, 0.05) is 24.2 Å². The van der Waals surface area contributed by atoms with Gasteiger partial charge >= 0.3 is 0 Å². The topological polar surface area (TPSA) is 30.5 Å². The summed E-state index contributed by atoms with van der Waals surface area (Å²) in [5, 5.41) is 3.50. The summed E-state index contributed by atoms with van der Waals surface area (Å²) in [7, 11) is 1.67. The fourth-order valence-corrected chi connectivity index (χ4v) is 1.68. The molecule has 1 N–H and O–H groups in total. The lowest BCUT2D eigenvalue weighted by molar-refractivity contribution is 0.342. The molecule has 0 radical (unpaired) electrons. The van der Waals surface area contributed by atoms with Gasteiger partial charge in [0.05, 0.1) is 7.11 Å². The van der Waals surface area contributed by atoms with Crippen molar-refractivity contribution in [1.82, 2.24) is 5.32 Å². The highest BCUT2D eigenvalue weighted by Gasteiger charge is 2.20. The normalized spacial score (nSPS) is 14.3. The van der Waals surface area contributed by atoms with E-state index in [2.05, 4.69) is 18.0 Å². The van der Waals surface area contributed by atoms with Gasteiger partial charge in [0.1, 0.15) is 18.1 Å². The van der Waals surface area contributed by atoms with Crippen molar-refractivity contribution in [2.75, 3.05) is 13.7 Å². The summed E-state index contributed by atoms with van der Waals surface area (Å²) in [5.74, 6) is 1.70. The number of benzene rings is 1. The zero-order valence-corrected chi connectivity index (χ0v) is 11.2. The Bertz CT molecular complexity index is 425. The molecule has 2 rings (SSSR count). The number of ether oxygens (including phenoxy) is 2. The van der Waals surface area contributed by atoms with Gasteiger partial charge in [-0.05, 0) is 31.4 Å². The van der Waals surface area contributed by atoms with Crippen molar-refractivity contribution < 1.29 is 9.47 Å². The van der Waals surface area contributed by atoms with Crippen molar-refractivity contribution in [2.24, 2.45) is 0 Å². The molecule has 0 amide bonds. The van der Waals surface area contributed by atoms with Crippen LogP contribution in [0.2, 0.25) is 0 Å². The molecule has 3 heteroatoms. The summed E-state index contributed by atoms with van der Waals surface area (Å²) in [6, 6.07) is 6.66. The first-order chi connectivity index (χ1) is 8.69. The monoisotopic (exact) mass is 247 g/mol. The predicted octanol–water partition coefficient (Wildman–Crippen LogP) is 2.90. The second-order valence-corrected chi connectivity index (χ2v) is 4.87. The van der Waals surface area contributed by atoms with Crippen molar-refractivity contribution in [1.29, 1.82) is 0 Å². The van der Waals surface area contributed by atoms with E-state index in [0.29, 0.717) is 12.6 Å². The molecule has 1 fully saturated rings. The van der Waals surface area contributed by atoms with Gasteiger partial charge in [-0.3, -0.25) is 0 Å². The Hall–Kier alpha value is -1.48. The molecular weight excluding hydrogens is 226 g/mol. The molecule has 0 atom stereocenters. The van der Waals surface area contributed by atoms with E-state index in [4.69, 9.17) is 9.47 Å². The Morgan fingerprint density at radius 2 is 2.22 bits per heavy atom. The number of hydrogen-bond donors (Lipinski definition) is 1. The molecule has 0 aromatic heterocycles. The first-order valence-corrected chi connectivity index (χ1v) is 6.36. The smallest absolute Gasteiger partial charge is 0.127 e. The van der Waals surface area contributed by atoms with Crippen LogP contribution >= 0.6 is 0 Å². The minimum absolute atomic E-state index is 0.545. The highest BCUT2D eigenvalue weighted by Crippen LogP contribution is 2.27. The minimum Gasteiger partial charge on any atom is -0.497 e. The Labute approximate surface area is 109 Å². The maximum atomic E-state index is 5.77. The summed E-state index contributed by atoms with van der Waals surface area (Å²) in [5.41, 5.74) is 2.18. The fourth-order valence-electron chi connectivity index (χ4n) is 1.68. The van der Waals surface area contributed by atoms with Crippen LogP contribution in [-0.2, 0) is 6.54 Å².